The van der Waals surface area contributed by atoms with E-state index in [1.165, 1.54) is 0 Å². The molecule has 0 radical (unpaired) electrons. The molecule has 1 aliphatic heterocycles. The lowest BCUT2D eigenvalue weighted by Gasteiger charge is -2.05. The maximum atomic E-state index is 11.8. The van der Waals surface area contributed by atoms with Crippen LogP contribution in [0, 0.1) is 0 Å². The average molecular weight is 262 g/mol. The lowest BCUT2D eigenvalue weighted by molar-refractivity contribution is -0.123. The van der Waals surface area contributed by atoms with Crippen molar-refractivity contribution >= 4 is 11.9 Å². The third-order valence-corrected chi connectivity index (χ3v) is 2.66. The van der Waals surface area contributed by atoms with Crippen LogP contribution in [0.3, 0.4) is 0 Å². The Morgan fingerprint density at radius 1 is 1.26 bits per heavy atom. The third-order valence-electron chi connectivity index (χ3n) is 2.66. The number of ketones is 1. The first kappa shape index (κ1) is 13.1. The van der Waals surface area contributed by atoms with Gasteiger partial charge in [-0.05, 0) is 25.5 Å². The molecule has 5 heteroatoms. The van der Waals surface area contributed by atoms with Gasteiger partial charge in [-0.2, -0.15) is 0 Å². The van der Waals surface area contributed by atoms with Crippen molar-refractivity contribution in [3.8, 4) is 5.75 Å². The molecule has 0 fully saturated rings. The van der Waals surface area contributed by atoms with E-state index >= 15 is 0 Å². The van der Waals surface area contributed by atoms with E-state index in [1.54, 1.807) is 37.3 Å². The van der Waals surface area contributed by atoms with Gasteiger partial charge >= 0.3 is 6.16 Å². The maximum absolute atomic E-state index is 11.8. The number of hydrogen-bond acceptors (Lipinski definition) is 5. The first-order valence-corrected chi connectivity index (χ1v) is 5.98. The van der Waals surface area contributed by atoms with Gasteiger partial charge in [-0.25, -0.2) is 4.79 Å². The van der Waals surface area contributed by atoms with Gasteiger partial charge in [-0.1, -0.05) is 25.1 Å². The quantitative estimate of drug-likeness (QED) is 0.619. The van der Waals surface area contributed by atoms with Crippen molar-refractivity contribution in [1.82, 2.24) is 0 Å². The summed E-state index contributed by atoms with van der Waals surface area (Å²) in [6.45, 7) is 3.40. The van der Waals surface area contributed by atoms with Crippen molar-refractivity contribution in [3.05, 3.63) is 41.9 Å². The van der Waals surface area contributed by atoms with E-state index in [1.807, 2.05) is 6.92 Å². The molecular formula is C14H14O5. The molecule has 0 saturated carbocycles. The van der Waals surface area contributed by atoms with Gasteiger partial charge < -0.3 is 14.2 Å². The van der Waals surface area contributed by atoms with Crippen LogP contribution in [0.25, 0.3) is 0 Å². The van der Waals surface area contributed by atoms with E-state index in [0.717, 1.165) is 0 Å². The first-order valence-electron chi connectivity index (χ1n) is 5.98. The second-order valence-electron chi connectivity index (χ2n) is 4.03. The molecule has 0 aromatic heterocycles. The largest absolute Gasteiger partial charge is 0.519 e. The van der Waals surface area contributed by atoms with E-state index in [-0.39, 0.29) is 11.5 Å². The van der Waals surface area contributed by atoms with Gasteiger partial charge in [0.25, 0.3) is 0 Å². The van der Waals surface area contributed by atoms with Crippen LogP contribution in [0.1, 0.15) is 20.3 Å². The number of ether oxygens (including phenoxy) is 3. The topological polar surface area (TPSA) is 61.8 Å². The normalized spacial score (nSPS) is 18.2. The molecule has 1 aromatic rings. The van der Waals surface area contributed by atoms with Gasteiger partial charge in [-0.3, -0.25) is 4.79 Å². The maximum Gasteiger partial charge on any atom is 0.519 e. The van der Waals surface area contributed by atoms with Crippen LogP contribution < -0.4 is 4.74 Å². The molecule has 0 spiro atoms. The molecule has 0 N–H and O–H groups in total. The van der Waals surface area contributed by atoms with Crippen molar-refractivity contribution in [3.63, 3.8) is 0 Å². The van der Waals surface area contributed by atoms with Gasteiger partial charge in [0.15, 0.2) is 6.10 Å². The number of rotatable bonds is 3. The Balaban J connectivity index is 2.00. The molecule has 1 unspecified atom stereocenters. The molecule has 0 saturated heterocycles. The Labute approximate surface area is 110 Å². The fourth-order valence-electron chi connectivity index (χ4n) is 1.72. The standard InChI is InChI=1S/C14H14O5/c1-3-11-12(15)13(9(2)17-11)19-14(16)18-10-7-5-4-6-8-10/h4-8,11H,3H2,1-2H3. The highest BCUT2D eigenvalue weighted by atomic mass is 16.7. The van der Waals surface area contributed by atoms with Crippen molar-refractivity contribution in [2.75, 3.05) is 0 Å². The van der Waals surface area contributed by atoms with Crippen LogP contribution in [-0.2, 0) is 14.3 Å². The monoisotopic (exact) mass is 262 g/mol. The minimum atomic E-state index is -0.950. The second-order valence-corrected chi connectivity index (χ2v) is 4.03. The molecule has 0 bridgehead atoms. The third kappa shape index (κ3) is 2.93. The molecule has 19 heavy (non-hydrogen) atoms. The number of carbonyl (C=O) groups excluding carboxylic acids is 2. The lowest BCUT2D eigenvalue weighted by atomic mass is 10.2. The Kier molecular flexibility index (Phi) is 3.85. The number of benzene rings is 1. The molecule has 2 rings (SSSR count). The van der Waals surface area contributed by atoms with Crippen LogP contribution in [-0.4, -0.2) is 18.0 Å². The Morgan fingerprint density at radius 2 is 1.95 bits per heavy atom. The predicted octanol–water partition coefficient (Wildman–Crippen LogP) is 2.81. The summed E-state index contributed by atoms with van der Waals surface area (Å²) in [5.41, 5.74) is 0. The average Bonchev–Trinajstić information content (AvgIpc) is 2.67. The summed E-state index contributed by atoms with van der Waals surface area (Å²) in [4.78, 5) is 23.4. The van der Waals surface area contributed by atoms with E-state index in [9.17, 15) is 9.59 Å². The van der Waals surface area contributed by atoms with Crippen molar-refractivity contribution < 1.29 is 23.8 Å². The van der Waals surface area contributed by atoms with Crippen LogP contribution in [0.15, 0.2) is 41.9 Å². The highest BCUT2D eigenvalue weighted by molar-refractivity contribution is 6.00. The predicted molar refractivity (Wildman–Crippen MR) is 66.4 cm³/mol. The summed E-state index contributed by atoms with van der Waals surface area (Å²) < 4.78 is 15.1. The van der Waals surface area contributed by atoms with Crippen LogP contribution in [0.2, 0.25) is 0 Å². The van der Waals surface area contributed by atoms with E-state index in [4.69, 9.17) is 14.2 Å². The zero-order valence-electron chi connectivity index (χ0n) is 10.7. The fraction of sp³-hybridized carbons (Fsp3) is 0.286. The number of allylic oxidation sites excluding steroid dienone is 1. The molecular weight excluding hydrogens is 248 g/mol. The van der Waals surface area contributed by atoms with Crippen molar-refractivity contribution in [1.29, 1.82) is 0 Å². The van der Waals surface area contributed by atoms with Crippen molar-refractivity contribution in [2.24, 2.45) is 0 Å². The summed E-state index contributed by atoms with van der Waals surface area (Å²) in [6, 6.07) is 8.48. The van der Waals surface area contributed by atoms with Crippen LogP contribution in [0.4, 0.5) is 4.79 Å². The summed E-state index contributed by atoms with van der Waals surface area (Å²) in [5, 5.41) is 0. The van der Waals surface area contributed by atoms with E-state index in [0.29, 0.717) is 17.9 Å². The number of para-hydroxylation sites is 1. The summed E-state index contributed by atoms with van der Waals surface area (Å²) in [7, 11) is 0. The summed E-state index contributed by atoms with van der Waals surface area (Å²) in [6.07, 6.45) is -0.995. The first-order chi connectivity index (χ1) is 9.11. The molecule has 0 amide bonds. The highest BCUT2D eigenvalue weighted by Crippen LogP contribution is 2.24. The number of carbonyl (C=O) groups is 2. The zero-order valence-corrected chi connectivity index (χ0v) is 10.7. The van der Waals surface area contributed by atoms with Crippen molar-refractivity contribution in [2.45, 2.75) is 26.4 Å². The van der Waals surface area contributed by atoms with Gasteiger partial charge in [0, 0.05) is 0 Å². The molecule has 1 atom stereocenters. The molecule has 1 heterocycles. The summed E-state index contributed by atoms with van der Waals surface area (Å²) >= 11 is 0. The Hall–Kier alpha value is -2.30. The number of Topliss-reactive ketones (excluding diaryl/α,β-unsaturated/α-hetero) is 1. The van der Waals surface area contributed by atoms with E-state index in [2.05, 4.69) is 0 Å². The molecule has 5 nitrogen and oxygen atoms in total. The Bertz CT molecular complexity index is 518. The van der Waals surface area contributed by atoms with Gasteiger partial charge in [0.05, 0.1) is 0 Å². The fourth-order valence-corrected chi connectivity index (χ4v) is 1.72. The molecule has 1 aliphatic rings. The van der Waals surface area contributed by atoms with Gasteiger partial charge in [0.2, 0.25) is 11.5 Å². The lowest BCUT2D eigenvalue weighted by Crippen LogP contribution is -2.20. The minimum Gasteiger partial charge on any atom is -0.483 e. The highest BCUT2D eigenvalue weighted by Gasteiger charge is 2.35. The molecule has 100 valence electrons. The molecule has 1 aromatic carbocycles. The second kappa shape index (κ2) is 5.56. The smallest absolute Gasteiger partial charge is 0.483 e. The van der Waals surface area contributed by atoms with Gasteiger partial charge in [-0.15, -0.1) is 0 Å². The molecule has 0 aliphatic carbocycles. The summed E-state index contributed by atoms with van der Waals surface area (Å²) in [5.74, 6) is 0.254. The SMILES string of the molecule is CCC1OC(C)=C(OC(=O)Oc2ccccc2)C1=O. The van der Waals surface area contributed by atoms with Gasteiger partial charge in [0.1, 0.15) is 11.5 Å². The number of hydrogen-bond donors (Lipinski definition) is 0. The van der Waals surface area contributed by atoms with E-state index < -0.39 is 12.3 Å². The Morgan fingerprint density at radius 3 is 2.53 bits per heavy atom. The zero-order chi connectivity index (χ0) is 13.8. The van der Waals surface area contributed by atoms with Crippen LogP contribution in [0.5, 0.6) is 5.75 Å². The van der Waals surface area contributed by atoms with Crippen LogP contribution >= 0.6 is 0 Å². The minimum absolute atomic E-state index is 0.0761.